The van der Waals surface area contributed by atoms with E-state index in [0.29, 0.717) is 45.1 Å². The molecular formula is C38H43N3O6. The van der Waals surface area contributed by atoms with Crippen molar-refractivity contribution in [2.45, 2.75) is 63.6 Å². The van der Waals surface area contributed by atoms with Crippen molar-refractivity contribution in [1.29, 1.82) is 0 Å². The normalized spacial score (nSPS) is 18.2. The lowest BCUT2D eigenvalue weighted by Crippen LogP contribution is -2.45. The smallest absolute Gasteiger partial charge is 0.305 e. The van der Waals surface area contributed by atoms with Crippen LogP contribution in [0.25, 0.3) is 10.9 Å². The largest absolute Gasteiger partial charge is 0.489 e. The van der Waals surface area contributed by atoms with Gasteiger partial charge in [0.1, 0.15) is 19.0 Å². The minimum absolute atomic E-state index is 0.0408. The summed E-state index contributed by atoms with van der Waals surface area (Å²) in [6, 6.07) is 24.4. The van der Waals surface area contributed by atoms with Gasteiger partial charge in [0.05, 0.1) is 24.6 Å². The number of esters is 1. The predicted octanol–water partition coefficient (Wildman–Crippen LogP) is 5.17. The van der Waals surface area contributed by atoms with Gasteiger partial charge in [-0.3, -0.25) is 14.4 Å². The summed E-state index contributed by atoms with van der Waals surface area (Å²) in [4.78, 5) is 42.5. The second-order valence-electron chi connectivity index (χ2n) is 12.0. The monoisotopic (exact) mass is 637 g/mol. The number of amides is 2. The van der Waals surface area contributed by atoms with Gasteiger partial charge in [0.25, 0.3) is 0 Å². The molecule has 0 saturated carbocycles. The molecule has 0 spiro atoms. The zero-order chi connectivity index (χ0) is 32.8. The van der Waals surface area contributed by atoms with Gasteiger partial charge in [-0.05, 0) is 67.0 Å². The predicted molar refractivity (Wildman–Crippen MR) is 181 cm³/mol. The van der Waals surface area contributed by atoms with Crippen LogP contribution in [0.3, 0.4) is 0 Å². The molecular weight excluding hydrogens is 594 g/mol. The van der Waals surface area contributed by atoms with Gasteiger partial charge in [-0.25, -0.2) is 0 Å². The SMILES string of the molecule is O=C(CC1CC=CCCCC(=O)OCC(Cc2c[nH]c3ccccc23)NC1=O)NC(CO)Cc1ccc(OCc2ccccc2)cc1. The van der Waals surface area contributed by atoms with E-state index in [0.717, 1.165) is 33.3 Å². The molecule has 0 fully saturated rings. The number of hydrogen-bond donors (Lipinski definition) is 4. The number of para-hydroxylation sites is 1. The van der Waals surface area contributed by atoms with Gasteiger partial charge in [0, 0.05) is 29.9 Å². The average Bonchev–Trinajstić information content (AvgIpc) is 3.50. The number of benzene rings is 3. The van der Waals surface area contributed by atoms with Gasteiger partial charge >= 0.3 is 5.97 Å². The molecule has 4 aromatic rings. The van der Waals surface area contributed by atoms with Crippen LogP contribution in [0.5, 0.6) is 5.75 Å². The lowest BCUT2D eigenvalue weighted by Gasteiger charge is -2.23. The van der Waals surface area contributed by atoms with Gasteiger partial charge in [0.2, 0.25) is 11.8 Å². The van der Waals surface area contributed by atoms with E-state index in [1.54, 1.807) is 0 Å². The van der Waals surface area contributed by atoms with Crippen molar-refractivity contribution >= 4 is 28.7 Å². The number of rotatable bonds is 11. The van der Waals surface area contributed by atoms with E-state index in [-0.39, 0.29) is 37.4 Å². The van der Waals surface area contributed by atoms with E-state index >= 15 is 0 Å². The van der Waals surface area contributed by atoms with Crippen molar-refractivity contribution in [2.24, 2.45) is 5.92 Å². The summed E-state index contributed by atoms with van der Waals surface area (Å²) in [5.41, 5.74) is 4.01. The number of cyclic esters (lactones) is 1. The highest BCUT2D eigenvalue weighted by Gasteiger charge is 2.26. The van der Waals surface area contributed by atoms with Crippen molar-refractivity contribution in [3.8, 4) is 5.75 Å². The molecule has 1 aliphatic heterocycles. The third kappa shape index (κ3) is 10.3. The Kier molecular flexibility index (Phi) is 12.2. The highest BCUT2D eigenvalue weighted by Crippen LogP contribution is 2.21. The number of aromatic amines is 1. The molecule has 1 aliphatic rings. The number of aromatic nitrogens is 1. The maximum absolute atomic E-state index is 13.6. The number of carbonyl (C=O) groups is 3. The molecule has 3 unspecified atom stereocenters. The summed E-state index contributed by atoms with van der Waals surface area (Å²) in [5, 5.41) is 17.1. The average molecular weight is 638 g/mol. The Bertz CT molecular complexity index is 1630. The maximum atomic E-state index is 13.6. The van der Waals surface area contributed by atoms with Gasteiger partial charge in [0.15, 0.2) is 0 Å². The van der Waals surface area contributed by atoms with E-state index in [2.05, 4.69) is 15.6 Å². The van der Waals surface area contributed by atoms with Crippen molar-refractivity contribution in [2.75, 3.05) is 13.2 Å². The maximum Gasteiger partial charge on any atom is 0.305 e. The van der Waals surface area contributed by atoms with Crippen LogP contribution in [-0.2, 0) is 38.6 Å². The number of ether oxygens (including phenoxy) is 2. The van der Waals surface area contributed by atoms with E-state index in [4.69, 9.17) is 9.47 Å². The molecule has 0 aliphatic carbocycles. The molecule has 4 N–H and O–H groups in total. The highest BCUT2D eigenvalue weighted by atomic mass is 16.5. The minimum Gasteiger partial charge on any atom is -0.489 e. The summed E-state index contributed by atoms with van der Waals surface area (Å²) in [6.07, 6.45) is 8.60. The fourth-order valence-corrected chi connectivity index (χ4v) is 5.75. The molecule has 1 aromatic heterocycles. The van der Waals surface area contributed by atoms with Crippen molar-refractivity contribution in [3.63, 3.8) is 0 Å². The molecule has 0 bridgehead atoms. The number of H-pyrrole nitrogens is 1. The van der Waals surface area contributed by atoms with Gasteiger partial charge in [-0.15, -0.1) is 0 Å². The first-order valence-electron chi connectivity index (χ1n) is 16.3. The third-order valence-corrected chi connectivity index (χ3v) is 8.31. The van der Waals surface area contributed by atoms with Gasteiger partial charge in [-0.2, -0.15) is 0 Å². The van der Waals surface area contributed by atoms with Crippen molar-refractivity contribution in [1.82, 2.24) is 15.6 Å². The second kappa shape index (κ2) is 17.1. The zero-order valence-electron chi connectivity index (χ0n) is 26.5. The topological polar surface area (TPSA) is 130 Å². The van der Waals surface area contributed by atoms with Crippen molar-refractivity contribution < 1.29 is 29.0 Å². The first kappa shape index (κ1) is 33.5. The Morgan fingerprint density at radius 2 is 1.77 bits per heavy atom. The summed E-state index contributed by atoms with van der Waals surface area (Å²) < 4.78 is 11.4. The molecule has 3 aromatic carbocycles. The molecule has 2 heterocycles. The molecule has 246 valence electrons. The molecule has 9 heteroatoms. The Morgan fingerprint density at radius 3 is 2.57 bits per heavy atom. The fourth-order valence-electron chi connectivity index (χ4n) is 5.75. The Morgan fingerprint density at radius 1 is 0.979 bits per heavy atom. The quantitative estimate of drug-likeness (QED) is 0.133. The van der Waals surface area contributed by atoms with Crippen LogP contribution < -0.4 is 15.4 Å². The second-order valence-corrected chi connectivity index (χ2v) is 12.0. The van der Waals surface area contributed by atoms with Crippen LogP contribution in [0, 0.1) is 5.92 Å². The van der Waals surface area contributed by atoms with E-state index in [1.807, 2.05) is 97.2 Å². The number of nitrogens with one attached hydrogen (secondary N) is 3. The summed E-state index contributed by atoms with van der Waals surface area (Å²) in [7, 11) is 0. The Balaban J connectivity index is 1.19. The number of fused-ring (bicyclic) bond motifs is 1. The lowest BCUT2D eigenvalue weighted by atomic mass is 9.97. The Labute approximate surface area is 275 Å². The standard InChI is InChI=1S/C38H43N3O6/c42-24-31(20-27-16-18-33(19-17-27)46-25-28-10-4-3-5-11-28)40-36(43)22-29-12-6-1-2-7-15-37(44)47-26-32(41-38(29)45)21-30-23-39-35-14-9-8-13-34(30)35/h1,3-6,8-11,13-14,16-19,23,29,31-32,39,42H,2,7,12,15,20-22,24-26H2,(H,40,43)(H,41,45). The number of aliphatic hydroxyl groups is 1. The number of carbonyl (C=O) groups excluding carboxylic acids is 3. The molecule has 0 saturated heterocycles. The molecule has 3 atom stereocenters. The zero-order valence-corrected chi connectivity index (χ0v) is 26.5. The van der Waals surface area contributed by atoms with E-state index in [1.165, 1.54) is 0 Å². The van der Waals surface area contributed by atoms with Crippen LogP contribution in [0.4, 0.5) is 0 Å². The molecule has 9 nitrogen and oxygen atoms in total. The van der Waals surface area contributed by atoms with Crippen LogP contribution in [0.1, 0.15) is 48.8 Å². The summed E-state index contributed by atoms with van der Waals surface area (Å²) in [5.74, 6) is -0.789. The van der Waals surface area contributed by atoms with Crippen LogP contribution in [0.15, 0.2) is 97.2 Å². The molecule has 2 amide bonds. The summed E-state index contributed by atoms with van der Waals surface area (Å²) >= 11 is 0. The fraction of sp³-hybridized carbons (Fsp3) is 0.342. The molecule has 5 rings (SSSR count). The number of allylic oxidation sites excluding steroid dienone is 2. The minimum atomic E-state index is -0.631. The highest BCUT2D eigenvalue weighted by molar-refractivity contribution is 5.87. The summed E-state index contributed by atoms with van der Waals surface area (Å²) in [6.45, 7) is 0.264. The van der Waals surface area contributed by atoms with E-state index < -0.39 is 18.0 Å². The lowest BCUT2D eigenvalue weighted by molar-refractivity contribution is -0.145. The molecule has 47 heavy (non-hydrogen) atoms. The third-order valence-electron chi connectivity index (χ3n) is 8.31. The van der Waals surface area contributed by atoms with Gasteiger partial charge in [-0.1, -0.05) is 72.8 Å². The van der Waals surface area contributed by atoms with Crippen LogP contribution in [-0.4, -0.2) is 53.2 Å². The first-order valence-corrected chi connectivity index (χ1v) is 16.3. The van der Waals surface area contributed by atoms with Crippen molar-refractivity contribution in [3.05, 3.63) is 114 Å². The van der Waals surface area contributed by atoms with Gasteiger partial charge < -0.3 is 30.2 Å². The first-order chi connectivity index (χ1) is 23.0. The van der Waals surface area contributed by atoms with E-state index in [9.17, 15) is 19.5 Å². The van der Waals surface area contributed by atoms with Crippen LogP contribution in [0.2, 0.25) is 0 Å². The Hall–Kier alpha value is -4.89. The van der Waals surface area contributed by atoms with Crippen LogP contribution >= 0.6 is 0 Å². The number of hydrogen-bond acceptors (Lipinski definition) is 6. The molecule has 0 radical (unpaired) electrons. The number of aliphatic hydroxyl groups excluding tert-OH is 1.